The molecule has 134 valence electrons. The third kappa shape index (κ3) is 5.89. The molecule has 0 saturated heterocycles. The van der Waals surface area contributed by atoms with Gasteiger partial charge >= 0.3 is 5.97 Å². The molecule has 5 nitrogen and oxygen atoms in total. The highest BCUT2D eigenvalue weighted by atomic mass is 16.5. The van der Waals surface area contributed by atoms with Gasteiger partial charge in [0, 0.05) is 11.5 Å². The Kier molecular flexibility index (Phi) is 8.33. The van der Waals surface area contributed by atoms with Gasteiger partial charge in [-0.05, 0) is 38.5 Å². The van der Waals surface area contributed by atoms with Gasteiger partial charge in [0.15, 0.2) is 11.5 Å². The first kappa shape index (κ1) is 20.0. The van der Waals surface area contributed by atoms with Gasteiger partial charge in [0.2, 0.25) is 0 Å². The van der Waals surface area contributed by atoms with Crippen molar-refractivity contribution in [2.75, 3.05) is 20.8 Å². The van der Waals surface area contributed by atoms with Gasteiger partial charge in [0.1, 0.15) is 0 Å². The lowest BCUT2D eigenvalue weighted by molar-refractivity contribution is -0.138. The van der Waals surface area contributed by atoms with Crippen LogP contribution in [0.1, 0.15) is 33.3 Å². The van der Waals surface area contributed by atoms with Crippen molar-refractivity contribution in [3.63, 3.8) is 0 Å². The summed E-state index contributed by atoms with van der Waals surface area (Å²) < 4.78 is 21.4. The minimum absolute atomic E-state index is 0.0394. The molecule has 5 heteroatoms. The maximum Gasteiger partial charge on any atom is 0.333 e. The molecule has 0 radical (unpaired) electrons. The summed E-state index contributed by atoms with van der Waals surface area (Å²) in [6.07, 6.45) is 1.85. The Balaban J connectivity index is 2.63. The summed E-state index contributed by atoms with van der Waals surface area (Å²) in [5, 5.41) is 0. The number of carbonyl (C=O) groups is 1. The van der Waals surface area contributed by atoms with E-state index in [1.54, 1.807) is 28.1 Å². The highest BCUT2D eigenvalue weighted by Crippen LogP contribution is 2.28. The number of esters is 1. The molecule has 0 unspecified atom stereocenters. The zero-order valence-corrected chi connectivity index (χ0v) is 15.4. The van der Waals surface area contributed by atoms with Crippen molar-refractivity contribution in [2.45, 2.75) is 40.4 Å². The van der Waals surface area contributed by atoms with E-state index in [4.69, 9.17) is 18.9 Å². The number of hydrogen-bond donors (Lipinski definition) is 0. The van der Waals surface area contributed by atoms with Crippen LogP contribution < -0.4 is 9.47 Å². The SMILES string of the molecule is CCOC(=O)/C(C)=C/[C@H](C)[C@@H](C)OCc1ccc(OC)c(OC)c1. The summed E-state index contributed by atoms with van der Waals surface area (Å²) in [5.41, 5.74) is 1.60. The summed E-state index contributed by atoms with van der Waals surface area (Å²) in [4.78, 5) is 11.7. The second-order valence-electron chi connectivity index (χ2n) is 5.63. The molecule has 0 aliphatic carbocycles. The summed E-state index contributed by atoms with van der Waals surface area (Å²) in [7, 11) is 3.21. The molecule has 0 heterocycles. The predicted molar refractivity (Wildman–Crippen MR) is 93.4 cm³/mol. The van der Waals surface area contributed by atoms with Crippen molar-refractivity contribution in [2.24, 2.45) is 5.92 Å². The van der Waals surface area contributed by atoms with Gasteiger partial charge < -0.3 is 18.9 Å². The van der Waals surface area contributed by atoms with E-state index >= 15 is 0 Å². The van der Waals surface area contributed by atoms with Crippen LogP contribution >= 0.6 is 0 Å². The quantitative estimate of drug-likeness (QED) is 0.508. The Morgan fingerprint density at radius 3 is 2.42 bits per heavy atom. The average molecular weight is 336 g/mol. The first-order valence-electron chi connectivity index (χ1n) is 8.10. The Bertz CT molecular complexity index is 565. The second kappa shape index (κ2) is 9.98. The number of methoxy groups -OCH3 is 2. The van der Waals surface area contributed by atoms with E-state index < -0.39 is 0 Å². The largest absolute Gasteiger partial charge is 0.493 e. The summed E-state index contributed by atoms with van der Waals surface area (Å²) in [5.74, 6) is 1.18. The van der Waals surface area contributed by atoms with Crippen LogP contribution in [0.4, 0.5) is 0 Å². The van der Waals surface area contributed by atoms with Gasteiger partial charge in [-0.1, -0.05) is 19.1 Å². The molecule has 0 bridgehead atoms. The summed E-state index contributed by atoms with van der Waals surface area (Å²) >= 11 is 0. The third-order valence-corrected chi connectivity index (χ3v) is 3.81. The van der Waals surface area contributed by atoms with E-state index in [-0.39, 0.29) is 18.0 Å². The molecule has 0 fully saturated rings. The van der Waals surface area contributed by atoms with Gasteiger partial charge in [-0.3, -0.25) is 0 Å². The standard InChI is InChI=1S/C19H28O5/c1-7-23-19(20)14(3)10-13(2)15(4)24-12-16-8-9-17(21-5)18(11-16)22-6/h8-11,13,15H,7,12H2,1-6H3/b14-10+/t13-,15+/m0/s1. The number of benzene rings is 1. The zero-order chi connectivity index (χ0) is 18.1. The van der Waals surface area contributed by atoms with Gasteiger partial charge in [0.05, 0.1) is 33.5 Å². The monoisotopic (exact) mass is 336 g/mol. The zero-order valence-electron chi connectivity index (χ0n) is 15.4. The normalized spacial score (nSPS) is 14.0. The smallest absolute Gasteiger partial charge is 0.333 e. The number of hydrogen-bond acceptors (Lipinski definition) is 5. The average Bonchev–Trinajstić information content (AvgIpc) is 2.59. The first-order valence-corrected chi connectivity index (χ1v) is 8.10. The highest BCUT2D eigenvalue weighted by Gasteiger charge is 2.14. The molecular formula is C19H28O5. The maximum absolute atomic E-state index is 11.7. The van der Waals surface area contributed by atoms with Crippen LogP contribution in [0.25, 0.3) is 0 Å². The Morgan fingerprint density at radius 1 is 1.17 bits per heavy atom. The molecule has 0 saturated carbocycles. The van der Waals surface area contributed by atoms with E-state index in [0.29, 0.717) is 30.3 Å². The van der Waals surface area contributed by atoms with Gasteiger partial charge in [-0.2, -0.15) is 0 Å². The third-order valence-electron chi connectivity index (χ3n) is 3.81. The summed E-state index contributed by atoms with van der Waals surface area (Å²) in [6.45, 7) is 8.39. The Hall–Kier alpha value is -2.01. The van der Waals surface area contributed by atoms with Crippen LogP contribution in [0.15, 0.2) is 29.8 Å². The fourth-order valence-corrected chi connectivity index (χ4v) is 2.19. The molecule has 0 spiro atoms. The first-order chi connectivity index (χ1) is 11.4. The second-order valence-corrected chi connectivity index (χ2v) is 5.63. The molecule has 0 amide bonds. The van der Waals surface area contributed by atoms with Crippen molar-refractivity contribution < 1.29 is 23.7 Å². The van der Waals surface area contributed by atoms with Gasteiger partial charge in [-0.15, -0.1) is 0 Å². The highest BCUT2D eigenvalue weighted by molar-refractivity contribution is 5.87. The molecular weight excluding hydrogens is 308 g/mol. The van der Waals surface area contributed by atoms with Gasteiger partial charge in [-0.25, -0.2) is 4.79 Å². The summed E-state index contributed by atoms with van der Waals surface area (Å²) in [6, 6.07) is 5.70. The molecule has 1 aromatic rings. The van der Waals surface area contributed by atoms with Crippen LogP contribution in [0, 0.1) is 5.92 Å². The molecule has 0 aromatic heterocycles. The van der Waals surface area contributed by atoms with Crippen molar-refractivity contribution in [1.82, 2.24) is 0 Å². The molecule has 24 heavy (non-hydrogen) atoms. The molecule has 2 atom stereocenters. The van der Waals surface area contributed by atoms with E-state index in [1.807, 2.05) is 38.1 Å². The number of rotatable bonds is 9. The maximum atomic E-state index is 11.7. The predicted octanol–water partition coefficient (Wildman–Crippen LogP) is 3.75. The lowest BCUT2D eigenvalue weighted by Gasteiger charge is -2.19. The van der Waals surface area contributed by atoms with Crippen molar-refractivity contribution in [1.29, 1.82) is 0 Å². The van der Waals surface area contributed by atoms with E-state index in [0.717, 1.165) is 5.56 Å². The lowest BCUT2D eigenvalue weighted by atomic mass is 10.0. The van der Waals surface area contributed by atoms with E-state index in [9.17, 15) is 4.79 Å². The van der Waals surface area contributed by atoms with Crippen LogP contribution in [0.5, 0.6) is 11.5 Å². The van der Waals surface area contributed by atoms with Crippen molar-refractivity contribution >= 4 is 5.97 Å². The molecule has 0 aliphatic heterocycles. The van der Waals surface area contributed by atoms with E-state index in [1.165, 1.54) is 0 Å². The van der Waals surface area contributed by atoms with Crippen LogP contribution in [-0.4, -0.2) is 32.9 Å². The fraction of sp³-hybridized carbons (Fsp3) is 0.526. The molecule has 0 N–H and O–H groups in total. The van der Waals surface area contributed by atoms with Gasteiger partial charge in [0.25, 0.3) is 0 Å². The minimum atomic E-state index is -0.281. The fourth-order valence-electron chi connectivity index (χ4n) is 2.19. The lowest BCUT2D eigenvalue weighted by Crippen LogP contribution is -2.18. The molecule has 1 aromatic carbocycles. The number of carbonyl (C=O) groups excluding carboxylic acids is 1. The Morgan fingerprint density at radius 2 is 1.83 bits per heavy atom. The van der Waals surface area contributed by atoms with Crippen LogP contribution in [0.3, 0.4) is 0 Å². The Labute approximate surface area is 144 Å². The molecule has 1 rings (SSSR count). The topological polar surface area (TPSA) is 54.0 Å². The van der Waals surface area contributed by atoms with Crippen molar-refractivity contribution in [3.8, 4) is 11.5 Å². The van der Waals surface area contributed by atoms with Crippen LogP contribution in [0.2, 0.25) is 0 Å². The minimum Gasteiger partial charge on any atom is -0.493 e. The van der Waals surface area contributed by atoms with Crippen LogP contribution in [-0.2, 0) is 20.9 Å². The van der Waals surface area contributed by atoms with E-state index in [2.05, 4.69) is 0 Å². The number of ether oxygens (including phenoxy) is 4. The molecule has 0 aliphatic rings. The van der Waals surface area contributed by atoms with Crippen molar-refractivity contribution in [3.05, 3.63) is 35.4 Å².